The van der Waals surface area contributed by atoms with E-state index in [4.69, 9.17) is 9.97 Å². The summed E-state index contributed by atoms with van der Waals surface area (Å²) in [4.78, 5) is 10.4. The topological polar surface area (TPSA) is 61.7 Å². The fourth-order valence-electron chi connectivity index (χ4n) is 7.99. The second kappa shape index (κ2) is 16.6. The minimum absolute atomic E-state index is 0.447. The van der Waals surface area contributed by atoms with E-state index in [9.17, 15) is 5.41 Å². The first kappa shape index (κ1) is 37.1. The molecule has 0 unspecified atom stereocenters. The molecule has 2 N–H and O–H groups in total. The monoisotopic (exact) mass is 780 g/mol. The zero-order chi connectivity index (χ0) is 41.0. The van der Waals surface area contributed by atoms with Gasteiger partial charge in [-0.3, -0.25) is 5.41 Å². The van der Waals surface area contributed by atoms with Crippen LogP contribution >= 0.6 is 0 Å². The van der Waals surface area contributed by atoms with Crippen molar-refractivity contribution < 1.29 is 0 Å². The number of hydrogen-bond donors (Lipinski definition) is 2. The van der Waals surface area contributed by atoms with Crippen LogP contribution in [0, 0.1) is 5.41 Å². The Balaban J connectivity index is 1.10. The molecule has 61 heavy (non-hydrogen) atoms. The van der Waals surface area contributed by atoms with Gasteiger partial charge in [-0.1, -0.05) is 206 Å². The molecule has 4 heteroatoms. The molecule has 0 radical (unpaired) electrons. The number of hydrogen-bond acceptors (Lipinski definition) is 4. The average molecular weight is 781 g/mol. The maximum Gasteiger partial charge on any atom is 0.160 e. The zero-order valence-corrected chi connectivity index (χ0v) is 33.3. The molecule has 0 saturated heterocycles. The maximum atomic E-state index is 9.69. The van der Waals surface area contributed by atoms with Crippen molar-refractivity contribution in [2.45, 2.75) is 0 Å². The highest BCUT2D eigenvalue weighted by Crippen LogP contribution is 2.39. The molecule has 2 heterocycles. The average Bonchev–Trinajstić information content (AvgIpc) is 3.35. The Morgan fingerprint density at radius 1 is 0.377 bits per heavy atom. The second-order valence-corrected chi connectivity index (χ2v) is 15.1. The van der Waals surface area contributed by atoms with E-state index >= 15 is 0 Å². The van der Waals surface area contributed by atoms with Crippen LogP contribution in [-0.4, -0.2) is 15.7 Å². The van der Waals surface area contributed by atoms with Crippen LogP contribution in [0.3, 0.4) is 0 Å². The Hall–Kier alpha value is -8.21. The van der Waals surface area contributed by atoms with Crippen LogP contribution in [0.1, 0.15) is 27.8 Å². The van der Waals surface area contributed by atoms with Crippen LogP contribution in [0.4, 0.5) is 0 Å². The van der Waals surface area contributed by atoms with Gasteiger partial charge in [-0.25, -0.2) is 9.97 Å². The van der Waals surface area contributed by atoms with E-state index < -0.39 is 0 Å². The summed E-state index contributed by atoms with van der Waals surface area (Å²) in [6.07, 6.45) is 2.21. The van der Waals surface area contributed by atoms with E-state index in [2.05, 4.69) is 157 Å². The number of allylic oxidation sites excluding steroid dienone is 1. The summed E-state index contributed by atoms with van der Waals surface area (Å²) < 4.78 is 0. The van der Waals surface area contributed by atoms with Gasteiger partial charge in [0.25, 0.3) is 0 Å². The third kappa shape index (κ3) is 7.74. The van der Waals surface area contributed by atoms with Gasteiger partial charge in [-0.2, -0.15) is 0 Å². The molecule has 1 aliphatic rings. The summed E-state index contributed by atoms with van der Waals surface area (Å²) >= 11 is 0. The van der Waals surface area contributed by atoms with Gasteiger partial charge in [0.15, 0.2) is 5.82 Å². The van der Waals surface area contributed by atoms with Gasteiger partial charge in [0.2, 0.25) is 0 Å². The first-order valence-corrected chi connectivity index (χ1v) is 20.5. The number of nitrogens with zero attached hydrogens (tertiary/aromatic N) is 2. The quantitative estimate of drug-likeness (QED) is 0.143. The highest BCUT2D eigenvalue weighted by molar-refractivity contribution is 6.36. The number of fused-ring (bicyclic) bond motifs is 1. The molecule has 0 spiro atoms. The normalized spacial score (nSPS) is 12.8. The van der Waals surface area contributed by atoms with Crippen molar-refractivity contribution in [2.24, 2.45) is 0 Å². The number of aromatic nitrogens is 2. The molecule has 0 bridgehead atoms. The Morgan fingerprint density at radius 3 is 1.48 bits per heavy atom. The minimum Gasteiger partial charge on any atom is -0.354 e. The molecule has 288 valence electrons. The Morgan fingerprint density at radius 2 is 0.836 bits per heavy atom. The highest BCUT2D eigenvalue weighted by Gasteiger charge is 2.24. The molecule has 0 amide bonds. The molecule has 0 fully saturated rings. The van der Waals surface area contributed by atoms with E-state index in [1.807, 2.05) is 78.9 Å². The number of nitrogens with one attached hydrogen (secondary N) is 2. The van der Waals surface area contributed by atoms with Gasteiger partial charge >= 0.3 is 0 Å². The molecule has 0 saturated carbocycles. The second-order valence-electron chi connectivity index (χ2n) is 15.1. The van der Waals surface area contributed by atoms with Gasteiger partial charge in [-0.15, -0.1) is 0 Å². The molecular weight excluding hydrogens is 741 g/mol. The fourth-order valence-corrected chi connectivity index (χ4v) is 7.99. The Kier molecular flexibility index (Phi) is 10.1. The van der Waals surface area contributed by atoms with Crippen molar-refractivity contribution in [2.75, 3.05) is 0 Å². The summed E-state index contributed by atoms with van der Waals surface area (Å²) in [5.41, 5.74) is 17.3. The molecular formula is C57H40N4. The predicted octanol–water partition coefficient (Wildman–Crippen LogP) is 13.8. The van der Waals surface area contributed by atoms with Crippen molar-refractivity contribution in [1.29, 1.82) is 5.41 Å². The van der Waals surface area contributed by atoms with Gasteiger partial charge in [0.1, 0.15) is 0 Å². The van der Waals surface area contributed by atoms with Crippen LogP contribution in [-0.2, 0) is 0 Å². The summed E-state index contributed by atoms with van der Waals surface area (Å²) in [5.74, 6) is 0.656. The number of rotatable bonds is 9. The van der Waals surface area contributed by atoms with Crippen LogP contribution in [0.25, 0.3) is 79.2 Å². The van der Waals surface area contributed by atoms with Crippen molar-refractivity contribution >= 4 is 28.8 Å². The summed E-state index contributed by atoms with van der Waals surface area (Å²) in [6.45, 7) is 0. The van der Waals surface area contributed by atoms with Crippen LogP contribution in [0.5, 0.6) is 0 Å². The molecule has 1 aliphatic heterocycles. The zero-order valence-electron chi connectivity index (χ0n) is 33.3. The fraction of sp³-hybridized carbons (Fsp3) is 0. The summed E-state index contributed by atoms with van der Waals surface area (Å²) in [5, 5.41) is 13.5. The van der Waals surface area contributed by atoms with Crippen LogP contribution in [0.15, 0.2) is 224 Å². The predicted molar refractivity (Wildman–Crippen MR) is 253 cm³/mol. The summed E-state index contributed by atoms with van der Waals surface area (Å²) in [6, 6.07) is 77.2. The third-order valence-electron chi connectivity index (χ3n) is 11.1. The maximum absolute atomic E-state index is 9.69. The Labute approximate surface area is 356 Å². The van der Waals surface area contributed by atoms with E-state index in [0.717, 1.165) is 89.6 Å². The molecule has 0 atom stereocenters. The standard InChI is InChI=1S/C57H40N4/c58-55(45-25-14-5-15-26-45)54(44-23-12-4-13-24-44)56-50-36-47(33-34-48(50)37-51(59-56)41-19-8-2-9-20-41)46-27-16-28-49(35-46)57-60-52(42-21-10-3-11-22-42)38-53(61-57)43-31-29-40(30-32-43)39-17-6-1-7-18-39/h1-38,58-59H/b56-54-,58-55?. The van der Waals surface area contributed by atoms with E-state index in [1.54, 1.807) is 0 Å². The molecule has 4 nitrogen and oxygen atoms in total. The first-order valence-electron chi connectivity index (χ1n) is 20.5. The lowest BCUT2D eigenvalue weighted by Gasteiger charge is -2.27. The van der Waals surface area contributed by atoms with Gasteiger partial charge in [-0.05, 0) is 63.2 Å². The van der Waals surface area contributed by atoms with Crippen LogP contribution < -0.4 is 5.32 Å². The molecule has 1 aromatic heterocycles. The largest absolute Gasteiger partial charge is 0.354 e. The smallest absolute Gasteiger partial charge is 0.160 e. The summed E-state index contributed by atoms with van der Waals surface area (Å²) in [7, 11) is 0. The molecule has 10 rings (SSSR count). The lowest BCUT2D eigenvalue weighted by atomic mass is 9.86. The van der Waals surface area contributed by atoms with Crippen molar-refractivity contribution in [3.05, 3.63) is 252 Å². The first-order chi connectivity index (χ1) is 30.1. The van der Waals surface area contributed by atoms with Crippen molar-refractivity contribution in [3.8, 4) is 56.2 Å². The SMILES string of the molecule is N=C(/C(=C1\NC(c2ccccc2)=Cc2ccc(-c3cccc(-c4nc(-c5ccccc5)cc(-c5ccc(-c6ccccc6)cc5)n4)c3)cc21)c1ccccc1)c1ccccc1. The van der Waals surface area contributed by atoms with Gasteiger partial charge in [0.05, 0.1) is 22.8 Å². The van der Waals surface area contributed by atoms with Gasteiger partial charge in [0, 0.05) is 39.1 Å². The third-order valence-corrected chi connectivity index (χ3v) is 11.1. The highest BCUT2D eigenvalue weighted by atomic mass is 14.9. The van der Waals surface area contributed by atoms with Crippen molar-refractivity contribution in [3.63, 3.8) is 0 Å². The lowest BCUT2D eigenvalue weighted by Crippen LogP contribution is -2.20. The molecule has 8 aromatic carbocycles. The molecule has 0 aliphatic carbocycles. The molecule has 9 aromatic rings. The minimum atomic E-state index is 0.447. The van der Waals surface area contributed by atoms with Crippen LogP contribution in [0.2, 0.25) is 0 Å². The van der Waals surface area contributed by atoms with E-state index in [1.165, 1.54) is 5.56 Å². The Bertz CT molecular complexity index is 3070. The van der Waals surface area contributed by atoms with Gasteiger partial charge < -0.3 is 5.32 Å². The van der Waals surface area contributed by atoms with E-state index in [-0.39, 0.29) is 0 Å². The number of benzene rings is 8. The lowest BCUT2D eigenvalue weighted by molar-refractivity contribution is 1.18. The van der Waals surface area contributed by atoms with Crippen molar-refractivity contribution in [1.82, 2.24) is 15.3 Å². The van der Waals surface area contributed by atoms with E-state index in [0.29, 0.717) is 11.5 Å².